The Bertz CT molecular complexity index is 1190. The van der Waals surface area contributed by atoms with Gasteiger partial charge in [0.15, 0.2) is 11.5 Å². The maximum absolute atomic E-state index is 12.5. The number of esters is 1. The molecule has 0 aromatic heterocycles. The molecule has 0 radical (unpaired) electrons. The number of rotatable bonds is 11. The standard InChI is InChI=1S/C24H24N4O6S/c1-2-33-24(31)21-22(30)20(35-23(21)27-17-6-4-3-5-7-17)15-16-8-9-19(18(29)14-16)34-13-12-32-11-10-26-28-25/h3-9,14-15,29-30H,2,10-13H2,1H3/b20-15-,27-23?. The molecule has 0 amide bonds. The number of aliphatic imine (C=N–C) groups is 1. The summed E-state index contributed by atoms with van der Waals surface area (Å²) in [6, 6.07) is 13.9. The lowest BCUT2D eigenvalue weighted by atomic mass is 10.1. The number of carbonyl (C=O) groups excluding carboxylic acids is 1. The molecule has 0 unspecified atom stereocenters. The van der Waals surface area contributed by atoms with Crippen LogP contribution in [-0.4, -0.2) is 54.2 Å². The molecule has 0 atom stereocenters. The van der Waals surface area contributed by atoms with Gasteiger partial charge >= 0.3 is 5.97 Å². The summed E-state index contributed by atoms with van der Waals surface area (Å²) >= 11 is 1.13. The molecule has 3 rings (SSSR count). The number of benzene rings is 2. The van der Waals surface area contributed by atoms with Crippen LogP contribution in [0.15, 0.2) is 74.9 Å². The second-order valence-electron chi connectivity index (χ2n) is 6.95. The summed E-state index contributed by atoms with van der Waals surface area (Å²) in [6.45, 7) is 2.83. The van der Waals surface area contributed by atoms with E-state index in [4.69, 9.17) is 19.7 Å². The minimum atomic E-state index is -0.663. The fourth-order valence-corrected chi connectivity index (χ4v) is 4.01. The Hall–Kier alpha value is -3.92. The highest BCUT2D eigenvalue weighted by Gasteiger charge is 2.33. The van der Waals surface area contributed by atoms with E-state index in [0.717, 1.165) is 11.8 Å². The van der Waals surface area contributed by atoms with Crippen molar-refractivity contribution in [1.29, 1.82) is 0 Å². The molecule has 0 aliphatic carbocycles. The highest BCUT2D eigenvalue weighted by Crippen LogP contribution is 2.40. The number of hydrogen-bond acceptors (Lipinski definition) is 9. The number of aliphatic hydroxyl groups excluding tert-OH is 1. The van der Waals surface area contributed by atoms with E-state index >= 15 is 0 Å². The van der Waals surface area contributed by atoms with Crippen molar-refractivity contribution in [2.45, 2.75) is 6.92 Å². The van der Waals surface area contributed by atoms with Gasteiger partial charge in [0, 0.05) is 11.5 Å². The van der Waals surface area contributed by atoms with Crippen molar-refractivity contribution >= 4 is 34.5 Å². The zero-order valence-electron chi connectivity index (χ0n) is 19.0. The largest absolute Gasteiger partial charge is 0.506 e. The van der Waals surface area contributed by atoms with E-state index in [2.05, 4.69) is 15.0 Å². The van der Waals surface area contributed by atoms with Crippen LogP contribution < -0.4 is 4.74 Å². The summed E-state index contributed by atoms with van der Waals surface area (Å²) in [7, 11) is 0. The number of azide groups is 1. The predicted molar refractivity (Wildman–Crippen MR) is 134 cm³/mol. The average Bonchev–Trinajstić information content (AvgIpc) is 3.14. The van der Waals surface area contributed by atoms with E-state index in [1.165, 1.54) is 6.07 Å². The van der Waals surface area contributed by atoms with Crippen LogP contribution in [0.1, 0.15) is 12.5 Å². The van der Waals surface area contributed by atoms with Crippen LogP contribution in [0.3, 0.4) is 0 Å². The first-order valence-electron chi connectivity index (χ1n) is 10.7. The van der Waals surface area contributed by atoms with E-state index in [1.54, 1.807) is 37.3 Å². The van der Waals surface area contributed by atoms with E-state index in [0.29, 0.717) is 21.2 Å². The second-order valence-corrected chi connectivity index (χ2v) is 7.98. The Kier molecular flexibility index (Phi) is 9.61. The van der Waals surface area contributed by atoms with E-state index in [-0.39, 0.29) is 55.8 Å². The summed E-state index contributed by atoms with van der Waals surface area (Å²) < 4.78 is 15.9. The highest BCUT2D eigenvalue weighted by molar-refractivity contribution is 8.18. The van der Waals surface area contributed by atoms with Gasteiger partial charge in [0.1, 0.15) is 23.0 Å². The predicted octanol–water partition coefficient (Wildman–Crippen LogP) is 5.29. The lowest BCUT2D eigenvalue weighted by molar-refractivity contribution is -0.138. The Balaban J connectivity index is 1.75. The third kappa shape index (κ3) is 7.28. The number of thioether (sulfide) groups is 1. The number of carbonyl (C=O) groups is 1. The molecule has 2 aromatic rings. The maximum Gasteiger partial charge on any atom is 0.344 e. The molecule has 0 spiro atoms. The minimum absolute atomic E-state index is 0.00316. The summed E-state index contributed by atoms with van der Waals surface area (Å²) in [6.07, 6.45) is 1.63. The number of aliphatic hydroxyl groups is 1. The third-order valence-corrected chi connectivity index (χ3v) is 5.54. The van der Waals surface area contributed by atoms with Crippen LogP contribution in [0.2, 0.25) is 0 Å². The number of phenolic OH excluding ortho intramolecular Hbond substituents is 1. The summed E-state index contributed by atoms with van der Waals surface area (Å²) in [5, 5.41) is 24.8. The lowest BCUT2D eigenvalue weighted by Crippen LogP contribution is -2.12. The normalized spacial score (nSPS) is 15.3. The topological polar surface area (TPSA) is 146 Å². The van der Waals surface area contributed by atoms with Crippen molar-refractivity contribution in [2.24, 2.45) is 10.1 Å². The average molecular weight is 497 g/mol. The molecule has 0 saturated heterocycles. The van der Waals surface area contributed by atoms with Gasteiger partial charge in [-0.05, 0) is 48.4 Å². The maximum atomic E-state index is 12.5. The number of aromatic hydroxyl groups is 1. The Morgan fingerprint density at radius 3 is 2.66 bits per heavy atom. The Morgan fingerprint density at radius 2 is 1.94 bits per heavy atom. The van der Waals surface area contributed by atoms with Crippen LogP contribution in [0.5, 0.6) is 11.5 Å². The molecule has 1 aliphatic heterocycles. The monoisotopic (exact) mass is 496 g/mol. The van der Waals surface area contributed by atoms with Crippen LogP contribution in [-0.2, 0) is 14.3 Å². The van der Waals surface area contributed by atoms with Crippen molar-refractivity contribution < 1.29 is 29.2 Å². The fourth-order valence-electron chi connectivity index (χ4n) is 2.97. The molecule has 35 heavy (non-hydrogen) atoms. The second kappa shape index (κ2) is 13.1. The van der Waals surface area contributed by atoms with E-state index in [1.807, 2.05) is 18.2 Å². The SMILES string of the molecule is CCOC(=O)C1=C(O)/C(=C/c2ccc(OCCOCCN=[N+]=[N-])c(O)c2)SC1=Nc1ccccc1. The molecule has 10 nitrogen and oxygen atoms in total. The summed E-state index contributed by atoms with van der Waals surface area (Å²) in [5.41, 5.74) is 9.42. The van der Waals surface area contributed by atoms with Gasteiger partial charge in [-0.25, -0.2) is 9.79 Å². The van der Waals surface area contributed by atoms with Gasteiger partial charge in [-0.2, -0.15) is 0 Å². The van der Waals surface area contributed by atoms with Gasteiger partial charge in [0.2, 0.25) is 0 Å². The Morgan fingerprint density at radius 1 is 1.14 bits per heavy atom. The highest BCUT2D eigenvalue weighted by atomic mass is 32.2. The molecule has 1 aliphatic rings. The van der Waals surface area contributed by atoms with E-state index in [9.17, 15) is 15.0 Å². The first-order chi connectivity index (χ1) is 17.0. The van der Waals surface area contributed by atoms with Gasteiger partial charge in [-0.15, -0.1) is 0 Å². The quantitative estimate of drug-likeness (QED) is 0.141. The van der Waals surface area contributed by atoms with Crippen LogP contribution in [0.25, 0.3) is 16.5 Å². The zero-order valence-corrected chi connectivity index (χ0v) is 19.8. The number of nitrogens with zero attached hydrogens (tertiary/aromatic N) is 4. The molecular weight excluding hydrogens is 472 g/mol. The lowest BCUT2D eigenvalue weighted by Gasteiger charge is -2.09. The number of ether oxygens (including phenoxy) is 3. The molecular formula is C24H24N4O6S. The minimum Gasteiger partial charge on any atom is -0.506 e. The van der Waals surface area contributed by atoms with Gasteiger partial charge in [-0.1, -0.05) is 41.1 Å². The van der Waals surface area contributed by atoms with Crippen molar-refractivity contribution in [3.05, 3.63) is 80.8 Å². The van der Waals surface area contributed by atoms with Crippen molar-refractivity contribution in [2.75, 3.05) is 33.0 Å². The van der Waals surface area contributed by atoms with Crippen molar-refractivity contribution in [1.82, 2.24) is 0 Å². The number of para-hydroxylation sites is 1. The zero-order chi connectivity index (χ0) is 25.0. The molecule has 11 heteroatoms. The molecule has 0 fully saturated rings. The van der Waals surface area contributed by atoms with Gasteiger partial charge < -0.3 is 24.4 Å². The van der Waals surface area contributed by atoms with Crippen molar-refractivity contribution in [3.63, 3.8) is 0 Å². The van der Waals surface area contributed by atoms with E-state index < -0.39 is 5.97 Å². The van der Waals surface area contributed by atoms with Gasteiger partial charge in [-0.3, -0.25) is 0 Å². The molecule has 0 saturated carbocycles. The van der Waals surface area contributed by atoms with Crippen LogP contribution in [0.4, 0.5) is 5.69 Å². The first kappa shape index (κ1) is 25.7. The first-order valence-corrected chi connectivity index (χ1v) is 11.5. The molecule has 2 aromatic carbocycles. The molecule has 182 valence electrons. The van der Waals surface area contributed by atoms with Gasteiger partial charge in [0.05, 0.1) is 30.4 Å². The number of hydrogen-bond donors (Lipinski definition) is 2. The summed E-state index contributed by atoms with van der Waals surface area (Å²) in [5.74, 6) is -0.725. The van der Waals surface area contributed by atoms with Crippen LogP contribution in [0, 0.1) is 0 Å². The Labute approximate surface area is 206 Å². The molecule has 0 bridgehead atoms. The molecule has 1 heterocycles. The fraction of sp³-hybridized carbons (Fsp3) is 0.250. The summed E-state index contributed by atoms with van der Waals surface area (Å²) in [4.78, 5) is 20.0. The smallest absolute Gasteiger partial charge is 0.344 e. The van der Waals surface area contributed by atoms with Crippen LogP contribution >= 0.6 is 11.8 Å². The van der Waals surface area contributed by atoms with Gasteiger partial charge in [0.25, 0.3) is 0 Å². The number of phenols is 1. The third-order valence-electron chi connectivity index (χ3n) is 4.52. The molecule has 2 N–H and O–H groups in total. The van der Waals surface area contributed by atoms with Crippen molar-refractivity contribution in [3.8, 4) is 11.5 Å².